The summed E-state index contributed by atoms with van der Waals surface area (Å²) in [7, 11) is 0. The number of rotatable bonds is 12. The lowest BCUT2D eigenvalue weighted by molar-refractivity contribution is 0.370. The van der Waals surface area contributed by atoms with Crippen LogP contribution in [-0.4, -0.2) is 24.0 Å². The Balaban J connectivity index is 1.04. The van der Waals surface area contributed by atoms with E-state index < -0.39 is 0 Å². The molecule has 1 aromatic heterocycles. The molecule has 0 amide bonds. The molecule has 6 aromatic carbocycles. The summed E-state index contributed by atoms with van der Waals surface area (Å²) in [6.45, 7) is 9.02. The van der Waals surface area contributed by atoms with Gasteiger partial charge in [-0.25, -0.2) is 4.98 Å². The third-order valence-corrected chi connectivity index (χ3v) is 9.80. The summed E-state index contributed by atoms with van der Waals surface area (Å²) >= 11 is 0. The monoisotopic (exact) mass is 727 g/mol. The lowest BCUT2D eigenvalue weighted by Crippen LogP contribution is -1.99. The van der Waals surface area contributed by atoms with Crippen LogP contribution in [0.3, 0.4) is 0 Å². The van der Waals surface area contributed by atoms with Gasteiger partial charge in [-0.05, 0) is 104 Å². The molecular weight excluding hydrogens is 683 g/mol. The number of aromatic nitrogens is 1. The van der Waals surface area contributed by atoms with Crippen molar-refractivity contribution >= 4 is 23.8 Å². The largest absolute Gasteiger partial charge is 0.481 e. The molecule has 0 aliphatic heterocycles. The maximum atomic E-state index is 5.79. The first-order valence-electron chi connectivity index (χ1n) is 19.1. The van der Waals surface area contributed by atoms with Crippen LogP contribution in [-0.2, 0) is 0 Å². The molecular formula is C52H45N3O. The Morgan fingerprint density at radius 3 is 1.20 bits per heavy atom. The van der Waals surface area contributed by atoms with Gasteiger partial charge < -0.3 is 4.74 Å². The van der Waals surface area contributed by atoms with Gasteiger partial charge in [0.2, 0.25) is 0 Å². The van der Waals surface area contributed by atoms with Gasteiger partial charge in [0.1, 0.15) is 12.4 Å². The van der Waals surface area contributed by atoms with E-state index in [0.29, 0.717) is 29.0 Å². The zero-order valence-electron chi connectivity index (χ0n) is 32.4. The molecule has 56 heavy (non-hydrogen) atoms. The highest BCUT2D eigenvalue weighted by atomic mass is 16.5. The van der Waals surface area contributed by atoms with Crippen LogP contribution in [0.25, 0.3) is 44.5 Å². The minimum absolute atomic E-state index is 0.148. The molecule has 7 aromatic rings. The normalized spacial score (nSPS) is 11.4. The summed E-state index contributed by atoms with van der Waals surface area (Å²) in [4.78, 5) is 14.2. The molecule has 0 unspecified atom stereocenters. The van der Waals surface area contributed by atoms with Gasteiger partial charge in [0.15, 0.2) is 0 Å². The fourth-order valence-electron chi connectivity index (χ4n) is 6.53. The van der Waals surface area contributed by atoms with Crippen LogP contribution in [0.4, 0.5) is 11.4 Å². The maximum absolute atomic E-state index is 5.79. The van der Waals surface area contributed by atoms with E-state index in [4.69, 9.17) is 26.1 Å². The maximum Gasteiger partial charge on any atom is 0.148 e. The smallest absolute Gasteiger partial charge is 0.148 e. The van der Waals surface area contributed by atoms with Gasteiger partial charge in [-0.2, -0.15) is 0 Å². The standard InChI is InChI=1S/C52H45N3O/c1-6-29-56-52-32-50(34-53-48-25-21-42(22-26-48)46-11-7-9-44(30-46)40-17-13-38(14-18-40)36(2)3)55-51(33-52)35-54-49-27-23-43(24-28-49)47-12-8-10-45(31-47)41-19-15-39(16-20-41)37(4)5/h1,7-28,30-37H,29H2,2-5H3. The van der Waals surface area contributed by atoms with Crippen LogP contribution < -0.4 is 4.74 Å². The molecule has 7 rings (SSSR count). The van der Waals surface area contributed by atoms with Crippen LogP contribution in [0.5, 0.6) is 5.75 Å². The van der Waals surface area contributed by atoms with E-state index in [2.05, 4.69) is 155 Å². The third kappa shape index (κ3) is 9.45. The Kier molecular flexibility index (Phi) is 11.7. The zero-order chi connectivity index (χ0) is 38.9. The first-order valence-corrected chi connectivity index (χ1v) is 19.1. The van der Waals surface area contributed by atoms with Gasteiger partial charge in [-0.1, -0.05) is 143 Å². The van der Waals surface area contributed by atoms with Gasteiger partial charge >= 0.3 is 0 Å². The highest BCUT2D eigenvalue weighted by Crippen LogP contribution is 2.31. The predicted octanol–water partition coefficient (Wildman–Crippen LogP) is 13.5. The quantitative estimate of drug-likeness (QED) is 0.0929. The van der Waals surface area contributed by atoms with Crippen LogP contribution in [0.2, 0.25) is 0 Å². The van der Waals surface area contributed by atoms with Crippen LogP contribution in [0, 0.1) is 12.3 Å². The van der Waals surface area contributed by atoms with E-state index >= 15 is 0 Å². The van der Waals surface area contributed by atoms with Gasteiger partial charge in [0.25, 0.3) is 0 Å². The number of ether oxygens (including phenoxy) is 1. The van der Waals surface area contributed by atoms with Crippen molar-refractivity contribution in [2.75, 3.05) is 6.61 Å². The molecule has 274 valence electrons. The third-order valence-electron chi connectivity index (χ3n) is 9.80. The Morgan fingerprint density at radius 2 is 0.857 bits per heavy atom. The Morgan fingerprint density at radius 1 is 0.500 bits per heavy atom. The second-order valence-corrected chi connectivity index (χ2v) is 14.5. The van der Waals surface area contributed by atoms with E-state index in [0.717, 1.165) is 33.6 Å². The highest BCUT2D eigenvalue weighted by molar-refractivity contribution is 5.85. The minimum atomic E-state index is 0.148. The van der Waals surface area contributed by atoms with Crippen molar-refractivity contribution in [1.82, 2.24) is 4.98 Å². The van der Waals surface area contributed by atoms with Gasteiger partial charge in [-0.15, -0.1) is 6.42 Å². The summed E-state index contributed by atoms with van der Waals surface area (Å²) in [5, 5.41) is 0. The number of benzene rings is 6. The molecule has 4 nitrogen and oxygen atoms in total. The van der Waals surface area contributed by atoms with E-state index in [1.165, 1.54) is 33.4 Å². The second kappa shape index (κ2) is 17.5. The van der Waals surface area contributed by atoms with Gasteiger partial charge in [-0.3, -0.25) is 9.98 Å². The van der Waals surface area contributed by atoms with Crippen molar-refractivity contribution < 1.29 is 4.74 Å². The zero-order valence-corrected chi connectivity index (χ0v) is 32.4. The SMILES string of the molecule is C#CCOc1cc(C=Nc2ccc(-c3cccc(-c4ccc(C(C)C)cc4)c3)cc2)nc(C=Nc2ccc(-c3cccc(-c4ccc(C(C)C)cc4)c3)cc2)c1. The summed E-state index contributed by atoms with van der Waals surface area (Å²) in [5.41, 5.74) is 15.0. The number of pyridine rings is 1. The molecule has 0 aliphatic rings. The van der Waals surface area contributed by atoms with E-state index in [1.807, 2.05) is 36.4 Å². The summed E-state index contributed by atoms with van der Waals surface area (Å²) in [5.74, 6) is 4.16. The number of aliphatic imine (C=N–C) groups is 2. The summed E-state index contributed by atoms with van der Waals surface area (Å²) < 4.78 is 5.79. The molecule has 0 saturated carbocycles. The Hall–Kier alpha value is -6.83. The lowest BCUT2D eigenvalue weighted by atomic mass is 9.96. The van der Waals surface area contributed by atoms with Crippen LogP contribution in [0.1, 0.15) is 62.0 Å². The summed E-state index contributed by atoms with van der Waals surface area (Å²) in [6, 6.07) is 55.1. The molecule has 0 atom stereocenters. The lowest BCUT2D eigenvalue weighted by Gasteiger charge is -2.09. The molecule has 0 N–H and O–H groups in total. The molecule has 0 bridgehead atoms. The molecule has 0 saturated heterocycles. The van der Waals surface area contributed by atoms with Crippen molar-refractivity contribution in [2.45, 2.75) is 39.5 Å². The number of hydrogen-bond donors (Lipinski definition) is 0. The fourth-order valence-corrected chi connectivity index (χ4v) is 6.53. The number of hydrogen-bond acceptors (Lipinski definition) is 4. The number of nitrogens with zero attached hydrogens (tertiary/aromatic N) is 3. The van der Waals surface area contributed by atoms with Crippen molar-refractivity contribution in [2.24, 2.45) is 9.98 Å². The van der Waals surface area contributed by atoms with Gasteiger partial charge in [0, 0.05) is 12.1 Å². The van der Waals surface area contributed by atoms with Crippen LogP contribution >= 0.6 is 0 Å². The Labute approximate surface area is 331 Å². The Bertz CT molecular complexity index is 2340. The first kappa shape index (κ1) is 37.5. The topological polar surface area (TPSA) is 46.8 Å². The summed E-state index contributed by atoms with van der Waals surface area (Å²) in [6.07, 6.45) is 8.96. The van der Waals surface area contributed by atoms with E-state index in [9.17, 15) is 0 Å². The van der Waals surface area contributed by atoms with E-state index in [-0.39, 0.29) is 6.61 Å². The van der Waals surface area contributed by atoms with Crippen molar-refractivity contribution in [3.63, 3.8) is 0 Å². The molecule has 0 radical (unpaired) electrons. The highest BCUT2D eigenvalue weighted by Gasteiger charge is 2.07. The average Bonchev–Trinajstić information content (AvgIpc) is 3.24. The number of terminal acetylenes is 1. The molecule has 0 spiro atoms. The predicted molar refractivity (Wildman–Crippen MR) is 236 cm³/mol. The first-order chi connectivity index (χ1) is 27.3. The fraction of sp³-hybridized carbons (Fsp3) is 0.135. The van der Waals surface area contributed by atoms with Crippen molar-refractivity contribution in [3.05, 3.63) is 180 Å². The molecule has 0 fully saturated rings. The van der Waals surface area contributed by atoms with Crippen molar-refractivity contribution in [3.8, 4) is 62.6 Å². The van der Waals surface area contributed by atoms with E-state index in [1.54, 1.807) is 12.4 Å². The van der Waals surface area contributed by atoms with Crippen molar-refractivity contribution in [1.29, 1.82) is 0 Å². The minimum Gasteiger partial charge on any atom is -0.481 e. The molecule has 0 aliphatic carbocycles. The van der Waals surface area contributed by atoms with Crippen LogP contribution in [0.15, 0.2) is 168 Å². The second-order valence-electron chi connectivity index (χ2n) is 14.5. The average molecular weight is 728 g/mol. The molecule has 4 heteroatoms. The molecule has 1 heterocycles. The van der Waals surface area contributed by atoms with Gasteiger partial charge in [0.05, 0.1) is 35.2 Å².